The number of aromatic nitrogens is 3. The number of aliphatic carboxylic acids is 1. The number of carbonyl (C=O) groups is 1. The van der Waals surface area contributed by atoms with Gasteiger partial charge < -0.3 is 14.4 Å². The summed E-state index contributed by atoms with van der Waals surface area (Å²) in [6.45, 7) is 14.8. The van der Waals surface area contributed by atoms with E-state index in [1.54, 1.807) is 20.2 Å². The molecule has 8 nitrogen and oxygen atoms in total. The highest BCUT2D eigenvalue weighted by Crippen LogP contribution is 2.57. The van der Waals surface area contributed by atoms with Crippen LogP contribution in [0.3, 0.4) is 0 Å². The van der Waals surface area contributed by atoms with Crippen molar-refractivity contribution >= 4 is 17.3 Å². The number of carboxylic acids is 1. The van der Waals surface area contributed by atoms with Crippen LogP contribution >= 0.6 is 11.3 Å². The Labute approximate surface area is 223 Å². The van der Waals surface area contributed by atoms with Gasteiger partial charge in [0.2, 0.25) is 5.89 Å². The van der Waals surface area contributed by atoms with Crippen LogP contribution < -0.4 is 4.74 Å². The fourth-order valence-corrected chi connectivity index (χ4v) is 6.85. The molecule has 9 heteroatoms. The van der Waals surface area contributed by atoms with E-state index in [-0.39, 0.29) is 17.4 Å². The van der Waals surface area contributed by atoms with Crippen molar-refractivity contribution in [2.45, 2.75) is 90.3 Å². The summed E-state index contributed by atoms with van der Waals surface area (Å²) in [5.74, 6) is 1.09. The molecule has 0 amide bonds. The van der Waals surface area contributed by atoms with Gasteiger partial charge in [0.25, 0.3) is 0 Å². The minimum atomic E-state index is -1.15. The largest absolute Gasteiger partial charge is 0.496 e. The Morgan fingerprint density at radius 3 is 2.59 bits per heavy atom. The number of benzene rings is 1. The van der Waals surface area contributed by atoms with E-state index < -0.39 is 16.9 Å². The van der Waals surface area contributed by atoms with Gasteiger partial charge in [0, 0.05) is 25.0 Å². The number of hydrogen-bond acceptors (Lipinski definition) is 8. The molecule has 1 aliphatic heterocycles. The monoisotopic (exact) mass is 526 g/mol. The molecule has 0 bridgehead atoms. The van der Waals surface area contributed by atoms with Gasteiger partial charge in [-0.1, -0.05) is 58.8 Å². The van der Waals surface area contributed by atoms with Gasteiger partial charge in [-0.25, -0.2) is 4.98 Å². The van der Waals surface area contributed by atoms with Crippen molar-refractivity contribution in [3.05, 3.63) is 57.6 Å². The highest BCUT2D eigenvalue weighted by atomic mass is 32.1. The number of hydrogen-bond donors (Lipinski definition) is 1. The number of aryl methyl sites for hydroxylation is 1. The summed E-state index contributed by atoms with van der Waals surface area (Å²) in [6, 6.07) is 5.86. The summed E-state index contributed by atoms with van der Waals surface area (Å²) in [6.07, 6.45) is 2.59. The summed E-state index contributed by atoms with van der Waals surface area (Å²) < 4.78 is 11.2. The van der Waals surface area contributed by atoms with E-state index in [4.69, 9.17) is 9.26 Å². The third-order valence-corrected chi connectivity index (χ3v) is 8.25. The zero-order valence-corrected chi connectivity index (χ0v) is 23.8. The van der Waals surface area contributed by atoms with Gasteiger partial charge in [0.15, 0.2) is 5.82 Å². The molecular weight excluding hydrogens is 488 g/mol. The molecule has 0 radical (unpaired) electrons. The zero-order valence-electron chi connectivity index (χ0n) is 23.0. The van der Waals surface area contributed by atoms with Crippen LogP contribution in [0, 0.1) is 12.8 Å². The van der Waals surface area contributed by atoms with Crippen molar-refractivity contribution in [2.24, 2.45) is 5.92 Å². The van der Waals surface area contributed by atoms with Gasteiger partial charge in [0.05, 0.1) is 18.6 Å². The fourth-order valence-electron chi connectivity index (χ4n) is 5.95. The Hall–Kier alpha value is -2.78. The predicted octanol–water partition coefficient (Wildman–Crippen LogP) is 5.92. The second kappa shape index (κ2) is 9.83. The lowest BCUT2D eigenvalue weighted by molar-refractivity contribution is -0.152. The second-order valence-corrected chi connectivity index (χ2v) is 12.8. The molecule has 200 valence electrons. The molecule has 1 aromatic carbocycles. The van der Waals surface area contributed by atoms with Gasteiger partial charge in [-0.05, 0) is 41.4 Å². The number of ether oxygens (including phenoxy) is 1. The fraction of sp³-hybridized carbons (Fsp3) is 0.571. The van der Waals surface area contributed by atoms with Gasteiger partial charge in [0.1, 0.15) is 16.3 Å². The molecule has 0 unspecified atom stereocenters. The van der Waals surface area contributed by atoms with E-state index in [2.05, 4.69) is 66.8 Å². The molecule has 3 heterocycles. The SMILES string of the molecule is COc1cc(CN2[C@@H](c3nccs3)[C@](C)(c3noc(C)n3)C[C@@]2(CC(C)C)C(=O)O)ccc1C(C)(C)C. The minimum absolute atomic E-state index is 0.0849. The van der Waals surface area contributed by atoms with Crippen LogP contribution in [0.25, 0.3) is 0 Å². The number of nitrogens with zero attached hydrogens (tertiary/aromatic N) is 4. The smallest absolute Gasteiger partial charge is 0.324 e. The van der Waals surface area contributed by atoms with Crippen molar-refractivity contribution in [2.75, 3.05) is 7.11 Å². The Morgan fingerprint density at radius 1 is 1.35 bits per heavy atom. The van der Waals surface area contributed by atoms with Gasteiger partial charge in [-0.3, -0.25) is 9.69 Å². The summed E-state index contributed by atoms with van der Waals surface area (Å²) in [5, 5.41) is 17.9. The number of thiazole rings is 1. The average molecular weight is 527 g/mol. The minimum Gasteiger partial charge on any atom is -0.496 e. The highest BCUT2D eigenvalue weighted by molar-refractivity contribution is 7.09. The van der Waals surface area contributed by atoms with E-state index in [1.807, 2.05) is 18.4 Å². The maximum absolute atomic E-state index is 13.3. The average Bonchev–Trinajstić information content (AvgIpc) is 3.53. The molecule has 1 fully saturated rings. The predicted molar refractivity (Wildman–Crippen MR) is 143 cm³/mol. The van der Waals surface area contributed by atoms with Crippen LogP contribution in [0.15, 0.2) is 34.3 Å². The van der Waals surface area contributed by atoms with E-state index in [9.17, 15) is 9.90 Å². The van der Waals surface area contributed by atoms with Crippen molar-refractivity contribution in [1.82, 2.24) is 20.0 Å². The molecule has 1 aliphatic rings. The third-order valence-electron chi connectivity index (χ3n) is 7.42. The molecule has 1 saturated heterocycles. The number of likely N-dealkylation sites (tertiary alicyclic amines) is 1. The summed E-state index contributed by atoms with van der Waals surface area (Å²) >= 11 is 1.53. The highest BCUT2D eigenvalue weighted by Gasteiger charge is 2.64. The first-order chi connectivity index (χ1) is 17.3. The first-order valence-electron chi connectivity index (χ1n) is 12.7. The molecule has 0 aliphatic carbocycles. The second-order valence-electron chi connectivity index (χ2n) is 11.9. The van der Waals surface area contributed by atoms with Crippen molar-refractivity contribution in [3.8, 4) is 5.75 Å². The Balaban J connectivity index is 1.91. The van der Waals surface area contributed by atoms with E-state index in [1.165, 1.54) is 11.3 Å². The van der Waals surface area contributed by atoms with Crippen molar-refractivity contribution in [1.29, 1.82) is 0 Å². The van der Waals surface area contributed by atoms with Crippen LogP contribution in [0.1, 0.15) is 88.3 Å². The van der Waals surface area contributed by atoms with Crippen LogP contribution in [-0.4, -0.2) is 43.7 Å². The maximum atomic E-state index is 13.3. The lowest BCUT2D eigenvalue weighted by Crippen LogP contribution is -2.51. The lowest BCUT2D eigenvalue weighted by atomic mass is 9.75. The number of carboxylic acid groups (broad SMARTS) is 1. The Kier molecular flexibility index (Phi) is 7.25. The van der Waals surface area contributed by atoms with Gasteiger partial charge >= 0.3 is 5.97 Å². The molecule has 1 N–H and O–H groups in total. The van der Waals surface area contributed by atoms with Crippen LogP contribution in [0.5, 0.6) is 5.75 Å². The van der Waals surface area contributed by atoms with E-state index in [0.717, 1.165) is 21.9 Å². The molecule has 4 rings (SSSR count). The summed E-state index contributed by atoms with van der Waals surface area (Å²) in [5.41, 5.74) is 0.130. The topological polar surface area (TPSA) is 102 Å². The number of methoxy groups -OCH3 is 1. The summed E-state index contributed by atoms with van der Waals surface area (Å²) in [4.78, 5) is 24.6. The van der Waals surface area contributed by atoms with E-state index >= 15 is 0 Å². The first-order valence-corrected chi connectivity index (χ1v) is 13.6. The number of rotatable bonds is 8. The molecule has 2 aromatic heterocycles. The molecule has 0 spiro atoms. The lowest BCUT2D eigenvalue weighted by Gasteiger charge is -2.39. The van der Waals surface area contributed by atoms with E-state index in [0.29, 0.717) is 31.1 Å². The van der Waals surface area contributed by atoms with Gasteiger partial charge in [-0.2, -0.15) is 4.98 Å². The Morgan fingerprint density at radius 2 is 2.08 bits per heavy atom. The zero-order chi connectivity index (χ0) is 27.2. The molecule has 0 saturated carbocycles. The van der Waals surface area contributed by atoms with Crippen molar-refractivity contribution in [3.63, 3.8) is 0 Å². The van der Waals surface area contributed by atoms with Crippen molar-refractivity contribution < 1.29 is 19.2 Å². The Bertz CT molecular complexity index is 1250. The van der Waals surface area contributed by atoms with Gasteiger partial charge in [-0.15, -0.1) is 11.3 Å². The van der Waals surface area contributed by atoms with Crippen LogP contribution in [0.4, 0.5) is 0 Å². The van der Waals surface area contributed by atoms with Crippen LogP contribution in [-0.2, 0) is 22.2 Å². The quantitative estimate of drug-likeness (QED) is 0.386. The van der Waals surface area contributed by atoms with Crippen LogP contribution in [0.2, 0.25) is 0 Å². The molecular formula is C28H38N4O4S. The molecule has 3 atom stereocenters. The molecule has 37 heavy (non-hydrogen) atoms. The normalized spacial score (nSPS) is 24.6. The standard InChI is InChI=1S/C28H38N4O4S/c1-17(2)14-28(25(33)34)16-27(7,24-30-18(3)36-31-24)22(23-29-11-12-37-23)32(28)15-19-9-10-20(26(4,5)6)21(13-19)35-8/h9-13,17,22H,14-16H2,1-8H3,(H,33,34)/t22-,27+,28-/m0/s1. The first kappa shape index (κ1) is 27.3. The maximum Gasteiger partial charge on any atom is 0.324 e. The molecule has 3 aromatic rings. The third kappa shape index (κ3) is 4.91. The summed E-state index contributed by atoms with van der Waals surface area (Å²) in [7, 11) is 1.68.